The molecule has 0 saturated heterocycles. The lowest BCUT2D eigenvalue weighted by Crippen LogP contribution is -2.52. The van der Waals surface area contributed by atoms with Crippen LogP contribution in [0.2, 0.25) is 5.02 Å². The second-order valence-electron chi connectivity index (χ2n) is 9.43. The minimum Gasteiger partial charge on any atom is -0.352 e. The van der Waals surface area contributed by atoms with E-state index in [0.29, 0.717) is 10.7 Å². The number of nitrogens with zero attached hydrogens (tertiary/aromatic N) is 2. The fourth-order valence-corrected chi connectivity index (χ4v) is 5.43. The summed E-state index contributed by atoms with van der Waals surface area (Å²) in [5.41, 5.74) is 3.00. The second-order valence-corrected chi connectivity index (χ2v) is 11.8. The number of halogens is 1. The zero-order valence-electron chi connectivity index (χ0n) is 20.8. The third-order valence-corrected chi connectivity index (χ3v) is 7.70. The number of anilines is 1. The van der Waals surface area contributed by atoms with Crippen molar-refractivity contribution in [2.45, 2.75) is 65.1 Å². The summed E-state index contributed by atoms with van der Waals surface area (Å²) >= 11 is 6.01. The molecule has 0 aromatic heterocycles. The molecule has 9 heteroatoms. The van der Waals surface area contributed by atoms with Crippen LogP contribution in [0.25, 0.3) is 0 Å². The third kappa shape index (κ3) is 7.45. The van der Waals surface area contributed by atoms with Gasteiger partial charge in [-0.2, -0.15) is 0 Å². The van der Waals surface area contributed by atoms with E-state index >= 15 is 0 Å². The summed E-state index contributed by atoms with van der Waals surface area (Å²) in [6.07, 6.45) is 5.09. The molecule has 1 fully saturated rings. The van der Waals surface area contributed by atoms with Crippen molar-refractivity contribution in [3.8, 4) is 0 Å². The zero-order valence-corrected chi connectivity index (χ0v) is 22.3. The molecule has 1 aliphatic carbocycles. The third-order valence-electron chi connectivity index (χ3n) is 6.31. The predicted molar refractivity (Wildman–Crippen MR) is 140 cm³/mol. The Hall–Kier alpha value is -2.58. The Morgan fingerprint density at radius 1 is 1.06 bits per heavy atom. The highest BCUT2D eigenvalue weighted by atomic mass is 35.5. The monoisotopic (exact) mass is 519 g/mol. The lowest BCUT2D eigenvalue weighted by atomic mass is 10.1. The van der Waals surface area contributed by atoms with E-state index in [0.717, 1.165) is 52.9 Å². The Morgan fingerprint density at radius 2 is 1.63 bits per heavy atom. The van der Waals surface area contributed by atoms with Crippen LogP contribution in [0.1, 0.15) is 49.3 Å². The van der Waals surface area contributed by atoms with Crippen molar-refractivity contribution in [3.05, 3.63) is 64.2 Å². The summed E-state index contributed by atoms with van der Waals surface area (Å²) in [4.78, 5) is 28.1. The predicted octanol–water partition coefficient (Wildman–Crippen LogP) is 4.20. The molecule has 0 heterocycles. The van der Waals surface area contributed by atoms with Crippen molar-refractivity contribution in [3.63, 3.8) is 0 Å². The van der Waals surface area contributed by atoms with Crippen molar-refractivity contribution in [2.75, 3.05) is 17.1 Å². The molecule has 2 amide bonds. The van der Waals surface area contributed by atoms with Gasteiger partial charge in [-0.1, -0.05) is 42.6 Å². The Morgan fingerprint density at radius 3 is 2.17 bits per heavy atom. The fraction of sp³-hybridized carbons (Fsp3) is 0.462. The van der Waals surface area contributed by atoms with Gasteiger partial charge in [0, 0.05) is 17.6 Å². The van der Waals surface area contributed by atoms with Gasteiger partial charge in [-0.25, -0.2) is 8.42 Å². The van der Waals surface area contributed by atoms with Gasteiger partial charge in [0.25, 0.3) is 0 Å². The standard InChI is InChI=1S/C26H34ClN3O4S/c1-18-13-19(2)15-24(14-18)30(35(4,33)34)17-25(31)29(16-21-9-11-22(27)12-10-21)20(3)26(32)28-23-7-5-6-8-23/h9-15,20,23H,5-8,16-17H2,1-4H3,(H,28,32). The molecule has 1 saturated carbocycles. The summed E-state index contributed by atoms with van der Waals surface area (Å²) in [5, 5.41) is 3.62. The Kier molecular flexibility index (Phi) is 8.83. The zero-order chi connectivity index (χ0) is 25.8. The van der Waals surface area contributed by atoms with Crippen molar-refractivity contribution in [2.24, 2.45) is 0 Å². The van der Waals surface area contributed by atoms with Gasteiger partial charge < -0.3 is 10.2 Å². The van der Waals surface area contributed by atoms with E-state index in [2.05, 4.69) is 5.32 Å². The van der Waals surface area contributed by atoms with Crippen LogP contribution in [0, 0.1) is 13.8 Å². The normalized spacial score (nSPS) is 15.0. The van der Waals surface area contributed by atoms with Crippen LogP contribution >= 0.6 is 11.6 Å². The highest BCUT2D eigenvalue weighted by Gasteiger charge is 2.31. The molecule has 1 aliphatic rings. The minimum atomic E-state index is -3.76. The van der Waals surface area contributed by atoms with Gasteiger partial charge >= 0.3 is 0 Å². The molecular weight excluding hydrogens is 486 g/mol. The van der Waals surface area contributed by atoms with Gasteiger partial charge in [-0.15, -0.1) is 0 Å². The van der Waals surface area contributed by atoms with E-state index in [1.807, 2.05) is 19.9 Å². The fourth-order valence-electron chi connectivity index (χ4n) is 4.47. The van der Waals surface area contributed by atoms with Gasteiger partial charge in [0.1, 0.15) is 12.6 Å². The van der Waals surface area contributed by atoms with Gasteiger partial charge in [0.05, 0.1) is 11.9 Å². The van der Waals surface area contributed by atoms with E-state index in [4.69, 9.17) is 11.6 Å². The first-order valence-corrected chi connectivity index (χ1v) is 14.1. The summed E-state index contributed by atoms with van der Waals surface area (Å²) in [6.45, 7) is 5.18. The van der Waals surface area contributed by atoms with Crippen LogP contribution in [0.15, 0.2) is 42.5 Å². The van der Waals surface area contributed by atoms with Crippen LogP contribution in [-0.4, -0.2) is 50.0 Å². The Bertz CT molecular complexity index is 1140. The van der Waals surface area contributed by atoms with E-state index in [-0.39, 0.29) is 18.5 Å². The number of hydrogen-bond donors (Lipinski definition) is 1. The highest BCUT2D eigenvalue weighted by molar-refractivity contribution is 7.92. The maximum Gasteiger partial charge on any atom is 0.244 e. The molecule has 0 spiro atoms. The molecule has 1 atom stereocenters. The number of carbonyl (C=O) groups excluding carboxylic acids is 2. The van der Waals surface area contributed by atoms with Crippen LogP contribution in [0.5, 0.6) is 0 Å². The molecule has 0 aliphatic heterocycles. The second kappa shape index (κ2) is 11.4. The lowest BCUT2D eigenvalue weighted by molar-refractivity contribution is -0.139. The Balaban J connectivity index is 1.89. The van der Waals surface area contributed by atoms with E-state index in [1.54, 1.807) is 43.3 Å². The van der Waals surface area contributed by atoms with Crippen LogP contribution < -0.4 is 9.62 Å². The first-order chi connectivity index (χ1) is 16.4. The van der Waals surface area contributed by atoms with Crippen molar-refractivity contribution in [1.29, 1.82) is 0 Å². The maximum absolute atomic E-state index is 13.6. The molecular formula is C26H34ClN3O4S. The molecule has 35 heavy (non-hydrogen) atoms. The molecule has 1 N–H and O–H groups in total. The van der Waals surface area contributed by atoms with Crippen LogP contribution in [0.4, 0.5) is 5.69 Å². The van der Waals surface area contributed by atoms with Crippen LogP contribution in [0.3, 0.4) is 0 Å². The van der Waals surface area contributed by atoms with Crippen molar-refractivity contribution >= 4 is 39.1 Å². The van der Waals surface area contributed by atoms with E-state index < -0.39 is 28.5 Å². The van der Waals surface area contributed by atoms with E-state index in [1.165, 1.54) is 4.90 Å². The van der Waals surface area contributed by atoms with Gasteiger partial charge in [0.15, 0.2) is 0 Å². The average molecular weight is 520 g/mol. The number of carbonyl (C=O) groups is 2. The largest absolute Gasteiger partial charge is 0.352 e. The number of amides is 2. The number of sulfonamides is 1. The maximum atomic E-state index is 13.6. The van der Waals surface area contributed by atoms with Gasteiger partial charge in [-0.05, 0) is 74.6 Å². The molecule has 190 valence electrons. The number of benzene rings is 2. The quantitative estimate of drug-likeness (QED) is 0.538. The van der Waals surface area contributed by atoms with Crippen molar-refractivity contribution in [1.82, 2.24) is 10.2 Å². The molecule has 7 nitrogen and oxygen atoms in total. The van der Waals surface area contributed by atoms with Crippen molar-refractivity contribution < 1.29 is 18.0 Å². The summed E-state index contributed by atoms with van der Waals surface area (Å²) in [6, 6.07) is 11.8. The highest BCUT2D eigenvalue weighted by Crippen LogP contribution is 2.23. The van der Waals surface area contributed by atoms with Gasteiger partial charge in [-0.3, -0.25) is 13.9 Å². The number of nitrogens with one attached hydrogen (secondary N) is 1. The Labute approximate surface area is 213 Å². The molecule has 0 radical (unpaired) electrons. The first-order valence-electron chi connectivity index (χ1n) is 11.8. The number of aryl methyl sites for hydroxylation is 2. The number of rotatable bonds is 9. The lowest BCUT2D eigenvalue weighted by Gasteiger charge is -2.32. The summed E-state index contributed by atoms with van der Waals surface area (Å²) < 4.78 is 26.5. The summed E-state index contributed by atoms with van der Waals surface area (Å²) in [7, 11) is -3.76. The smallest absolute Gasteiger partial charge is 0.244 e. The summed E-state index contributed by atoms with van der Waals surface area (Å²) in [5.74, 6) is -0.699. The average Bonchev–Trinajstić information content (AvgIpc) is 3.28. The minimum absolute atomic E-state index is 0.111. The van der Waals surface area contributed by atoms with Gasteiger partial charge in [0.2, 0.25) is 21.8 Å². The van der Waals surface area contributed by atoms with Crippen LogP contribution in [-0.2, 0) is 26.2 Å². The topological polar surface area (TPSA) is 86.8 Å². The molecule has 2 aromatic rings. The molecule has 3 rings (SSSR count). The SMILES string of the molecule is Cc1cc(C)cc(N(CC(=O)N(Cc2ccc(Cl)cc2)C(C)C(=O)NC2CCCC2)S(C)(=O)=O)c1. The van der Waals surface area contributed by atoms with E-state index in [9.17, 15) is 18.0 Å². The molecule has 2 aromatic carbocycles. The molecule has 0 bridgehead atoms. The first kappa shape index (κ1) is 27.0. The number of hydrogen-bond acceptors (Lipinski definition) is 4. The molecule has 1 unspecified atom stereocenters.